The van der Waals surface area contributed by atoms with E-state index in [0.29, 0.717) is 37.0 Å². The molecule has 0 bridgehead atoms. The lowest BCUT2D eigenvalue weighted by atomic mass is 9.81. The van der Waals surface area contributed by atoms with E-state index in [2.05, 4.69) is 24.4 Å². The van der Waals surface area contributed by atoms with Crippen LogP contribution in [-0.2, 0) is 4.79 Å². The van der Waals surface area contributed by atoms with E-state index in [0.717, 1.165) is 77.2 Å². The fraction of sp³-hybridized carbons (Fsp3) is 0.906. The summed E-state index contributed by atoms with van der Waals surface area (Å²) in [5.41, 5.74) is 5.30. The van der Waals surface area contributed by atoms with E-state index in [4.69, 9.17) is 5.73 Å². The third kappa shape index (κ3) is 11.1. The van der Waals surface area contributed by atoms with Crippen molar-refractivity contribution in [3.05, 3.63) is 12.2 Å². The maximum Gasteiger partial charge on any atom is 0.137 e. The van der Waals surface area contributed by atoms with Gasteiger partial charge in [-0.2, -0.15) is 0 Å². The molecule has 7 N–H and O–H groups in total. The van der Waals surface area contributed by atoms with E-state index in [-0.39, 0.29) is 18.2 Å². The number of nitrogens with two attached hydrogens (primary N) is 2. The Morgan fingerprint density at radius 2 is 1.87 bits per heavy atom. The van der Waals surface area contributed by atoms with Crippen LogP contribution in [0.5, 0.6) is 0 Å². The predicted molar refractivity (Wildman–Crippen MR) is 152 cm³/mol. The van der Waals surface area contributed by atoms with E-state index >= 15 is 0 Å². The largest absolute Gasteiger partial charge is 0.550 e. The first kappa shape index (κ1) is 32.5. The van der Waals surface area contributed by atoms with Crippen molar-refractivity contribution in [2.45, 2.75) is 146 Å². The molecule has 0 aromatic rings. The number of quaternary nitrogens is 1. The molecular weight excluding hydrogens is 492 g/mol. The van der Waals surface area contributed by atoms with Crippen LogP contribution in [0.3, 0.4) is 0 Å². The summed E-state index contributed by atoms with van der Waals surface area (Å²) in [5, 5.41) is 46.4. The quantitative estimate of drug-likeness (QED) is 0.139. The minimum absolute atomic E-state index is 0.194. The molecule has 0 amide bonds. The maximum absolute atomic E-state index is 11.8. The monoisotopic (exact) mass is 550 g/mol. The van der Waals surface area contributed by atoms with Gasteiger partial charge in [0.2, 0.25) is 0 Å². The smallest absolute Gasteiger partial charge is 0.137 e. The molecule has 39 heavy (non-hydrogen) atoms. The molecule has 0 spiro atoms. The van der Waals surface area contributed by atoms with Crippen molar-refractivity contribution in [1.29, 1.82) is 0 Å². The van der Waals surface area contributed by atoms with Crippen LogP contribution in [0.4, 0.5) is 0 Å². The predicted octanol–water partition coefficient (Wildman–Crippen LogP) is 2.76. The Morgan fingerprint density at radius 3 is 2.59 bits per heavy atom. The zero-order valence-corrected chi connectivity index (χ0v) is 24.5. The van der Waals surface area contributed by atoms with Crippen LogP contribution in [0.2, 0.25) is 0 Å². The molecular formula is C32H58N2O5. The van der Waals surface area contributed by atoms with Gasteiger partial charge in [0.1, 0.15) is 6.17 Å². The summed E-state index contributed by atoms with van der Waals surface area (Å²) in [7, 11) is 0. The summed E-state index contributed by atoms with van der Waals surface area (Å²) in [5.74, 6) is -0.270. The van der Waals surface area contributed by atoms with Gasteiger partial charge in [0.15, 0.2) is 0 Å². The molecule has 2 unspecified atom stereocenters. The van der Waals surface area contributed by atoms with Gasteiger partial charge in [-0.25, -0.2) is 0 Å². The second-order valence-electron chi connectivity index (χ2n) is 13.4. The lowest BCUT2D eigenvalue weighted by Gasteiger charge is -2.30. The molecule has 1 saturated carbocycles. The summed E-state index contributed by atoms with van der Waals surface area (Å²) >= 11 is 0. The van der Waals surface area contributed by atoms with E-state index in [1.165, 1.54) is 25.7 Å². The summed E-state index contributed by atoms with van der Waals surface area (Å²) in [6.07, 6.45) is 19.5. The molecule has 2 aliphatic carbocycles. The van der Waals surface area contributed by atoms with Crippen LogP contribution in [-0.4, -0.2) is 51.8 Å². The average molecular weight is 551 g/mol. The molecule has 0 aromatic heterocycles. The van der Waals surface area contributed by atoms with Gasteiger partial charge < -0.3 is 30.5 Å². The van der Waals surface area contributed by atoms with Crippen LogP contribution < -0.4 is 16.2 Å². The van der Waals surface area contributed by atoms with Gasteiger partial charge in [0.05, 0.1) is 24.4 Å². The number of hydrogen-bond donors (Lipinski definition) is 5. The zero-order chi connectivity index (χ0) is 28.3. The second kappa shape index (κ2) is 16.5. The molecule has 1 aliphatic heterocycles. The van der Waals surface area contributed by atoms with Crippen molar-refractivity contribution < 1.29 is 30.5 Å². The Kier molecular flexibility index (Phi) is 13.7. The van der Waals surface area contributed by atoms with Crippen LogP contribution >= 0.6 is 0 Å². The number of piperidine rings is 1. The maximum atomic E-state index is 11.8. The van der Waals surface area contributed by atoms with Crippen molar-refractivity contribution in [1.82, 2.24) is 0 Å². The number of aliphatic hydroxyl groups is 3. The highest BCUT2D eigenvalue weighted by Gasteiger charge is 2.39. The van der Waals surface area contributed by atoms with Crippen LogP contribution in [0, 0.1) is 29.6 Å². The first-order chi connectivity index (χ1) is 18.7. The lowest BCUT2D eigenvalue weighted by Crippen LogP contribution is -2.94. The normalized spacial score (nSPS) is 34.7. The van der Waals surface area contributed by atoms with Crippen LogP contribution in [0.25, 0.3) is 0 Å². The molecule has 9 atom stereocenters. The van der Waals surface area contributed by atoms with Crippen LogP contribution in [0.1, 0.15) is 122 Å². The highest BCUT2D eigenvalue weighted by atomic mass is 16.4. The van der Waals surface area contributed by atoms with E-state index in [1.54, 1.807) is 0 Å². The van der Waals surface area contributed by atoms with E-state index in [9.17, 15) is 25.2 Å². The number of rotatable bonds is 17. The fourth-order valence-electron chi connectivity index (χ4n) is 7.63. The third-order valence-corrected chi connectivity index (χ3v) is 10.1. The number of aliphatic hydroxyl groups excluding tert-OH is 2. The third-order valence-electron chi connectivity index (χ3n) is 10.1. The number of unbranched alkanes of at least 4 members (excludes halogenated alkanes) is 4. The van der Waals surface area contributed by atoms with Crippen molar-refractivity contribution in [3.8, 4) is 0 Å². The fourth-order valence-corrected chi connectivity index (χ4v) is 7.63. The number of aliphatic carboxylic acids is 1. The van der Waals surface area contributed by atoms with Gasteiger partial charge >= 0.3 is 0 Å². The summed E-state index contributed by atoms with van der Waals surface area (Å²) in [4.78, 5) is 11.8. The van der Waals surface area contributed by atoms with Gasteiger partial charge in [0.25, 0.3) is 0 Å². The van der Waals surface area contributed by atoms with Gasteiger partial charge in [-0.3, -0.25) is 5.73 Å². The Bertz CT molecular complexity index is 748. The van der Waals surface area contributed by atoms with Gasteiger partial charge in [-0.1, -0.05) is 57.6 Å². The molecule has 1 saturated heterocycles. The lowest BCUT2D eigenvalue weighted by molar-refractivity contribution is -0.699. The number of allylic oxidation sites excluding steroid dienone is 1. The van der Waals surface area contributed by atoms with Crippen LogP contribution in [0.15, 0.2) is 12.2 Å². The van der Waals surface area contributed by atoms with Crippen molar-refractivity contribution in [2.75, 3.05) is 6.54 Å². The Labute approximate surface area is 237 Å². The highest BCUT2D eigenvalue weighted by Crippen LogP contribution is 2.42. The number of carboxylic acid groups (broad SMARTS) is 1. The summed E-state index contributed by atoms with van der Waals surface area (Å²) in [6.45, 7) is 3.29. The van der Waals surface area contributed by atoms with E-state index in [1.807, 2.05) is 0 Å². The second-order valence-corrected chi connectivity index (χ2v) is 13.4. The topological polar surface area (TPSA) is 143 Å². The molecule has 3 aliphatic rings. The summed E-state index contributed by atoms with van der Waals surface area (Å²) in [6, 6.07) is 0. The molecule has 7 heteroatoms. The van der Waals surface area contributed by atoms with Crippen molar-refractivity contribution >= 4 is 5.97 Å². The minimum atomic E-state index is -1.19. The number of carbonyl (C=O) groups excluding carboxylic acids is 1. The molecule has 7 nitrogen and oxygen atoms in total. The molecule has 0 aromatic carbocycles. The number of carbonyl (C=O) groups is 1. The molecule has 226 valence electrons. The first-order valence-electron chi connectivity index (χ1n) is 16.3. The van der Waals surface area contributed by atoms with Gasteiger partial charge in [0, 0.05) is 24.2 Å². The Morgan fingerprint density at radius 1 is 1.08 bits per heavy atom. The summed E-state index contributed by atoms with van der Waals surface area (Å²) < 4.78 is 0. The minimum Gasteiger partial charge on any atom is -0.550 e. The Balaban J connectivity index is 1.32. The molecule has 1 heterocycles. The number of carboxylic acids is 1. The molecule has 0 radical (unpaired) electrons. The van der Waals surface area contributed by atoms with Gasteiger partial charge in [-0.05, 0) is 88.4 Å². The van der Waals surface area contributed by atoms with Crippen molar-refractivity contribution in [2.24, 2.45) is 35.3 Å². The van der Waals surface area contributed by atoms with Gasteiger partial charge in [-0.15, -0.1) is 0 Å². The Hall–Kier alpha value is -0.990. The SMILES string of the molecule is CCCCC[C@H]1C=C[C@@H](CCCCC[C@H](C(=O)[O-])[C@H](O)CC[C@@]2(O)CC[C@H](CC3CC[NH2+]C(N)C3)C2)[C@H](O)C1. The molecule has 2 fully saturated rings. The number of hydrogen-bond acceptors (Lipinski definition) is 6. The standard InChI is InChI=1S/C32H58N2O5/c1-2-3-5-8-23-11-12-26(29(36)20-23)9-6-4-7-10-27(31(37)38)28(35)14-17-32(39)16-13-25(22-32)19-24-15-18-34-30(33)21-24/h11-12,23-30,34-36,39H,2-10,13-22,33H2,1H3,(H,37,38)/t23-,24?,25+,26+,27-,28+,29+,30?,32-/m0/s1. The van der Waals surface area contributed by atoms with E-state index < -0.39 is 23.6 Å². The average Bonchev–Trinajstić information content (AvgIpc) is 3.26. The van der Waals surface area contributed by atoms with Crippen molar-refractivity contribution in [3.63, 3.8) is 0 Å². The molecule has 3 rings (SSSR count). The zero-order valence-electron chi connectivity index (χ0n) is 24.5. The first-order valence-corrected chi connectivity index (χ1v) is 16.3. The highest BCUT2D eigenvalue weighted by molar-refractivity contribution is 5.68.